The van der Waals surface area contributed by atoms with E-state index in [2.05, 4.69) is 17.2 Å². The molecule has 28 heavy (non-hydrogen) atoms. The molecule has 1 aliphatic heterocycles. The Bertz CT molecular complexity index is 918. The molecule has 0 atom stereocenters. The smallest absolute Gasteiger partial charge is 0.263 e. The van der Waals surface area contributed by atoms with Crippen LogP contribution in [0.15, 0.2) is 23.1 Å². The standard InChI is InChI=1S/C23H23NO2S2/c1-26-19-3-2-14(10-20-21(25)24-22(27)28-20)9-18(19)4-5-23-11-15-6-16(12-23)8-17(7-15)13-23/h2-3,9-10,15-17H,6-8,11-13H2,1H3,(H,24,25,27)/b20-10-. The number of ether oxygens (including phenoxy) is 1. The molecule has 1 saturated heterocycles. The Hall–Kier alpha value is -1.77. The van der Waals surface area contributed by atoms with Crippen LogP contribution < -0.4 is 10.1 Å². The van der Waals surface area contributed by atoms with Crippen molar-refractivity contribution in [1.29, 1.82) is 0 Å². The molecule has 6 rings (SSSR count). The molecule has 1 heterocycles. The predicted octanol–water partition coefficient (Wildman–Crippen LogP) is 4.75. The average Bonchev–Trinajstić information content (AvgIpc) is 2.96. The number of methoxy groups -OCH3 is 1. The normalized spacial score (nSPS) is 34.3. The van der Waals surface area contributed by atoms with E-state index in [1.807, 2.05) is 24.3 Å². The van der Waals surface area contributed by atoms with Crippen molar-refractivity contribution in [3.63, 3.8) is 0 Å². The number of amides is 1. The number of hydrogen-bond acceptors (Lipinski definition) is 4. The van der Waals surface area contributed by atoms with E-state index in [-0.39, 0.29) is 11.3 Å². The van der Waals surface area contributed by atoms with Gasteiger partial charge in [0.15, 0.2) is 0 Å². The summed E-state index contributed by atoms with van der Waals surface area (Å²) in [7, 11) is 1.68. The van der Waals surface area contributed by atoms with Crippen molar-refractivity contribution in [3.05, 3.63) is 34.2 Å². The fourth-order valence-electron chi connectivity index (χ4n) is 5.95. The highest BCUT2D eigenvalue weighted by atomic mass is 32.2. The van der Waals surface area contributed by atoms with Crippen LogP contribution in [-0.2, 0) is 4.79 Å². The van der Waals surface area contributed by atoms with Gasteiger partial charge in [-0.05, 0) is 80.1 Å². The van der Waals surface area contributed by atoms with Gasteiger partial charge in [0.25, 0.3) is 5.91 Å². The second-order valence-corrected chi connectivity index (χ2v) is 10.5. The monoisotopic (exact) mass is 409 g/mol. The zero-order chi connectivity index (χ0) is 19.3. The van der Waals surface area contributed by atoms with Gasteiger partial charge in [-0.15, -0.1) is 0 Å². The topological polar surface area (TPSA) is 38.3 Å². The molecule has 144 valence electrons. The largest absolute Gasteiger partial charge is 0.495 e. The van der Waals surface area contributed by atoms with Crippen LogP contribution >= 0.6 is 24.0 Å². The molecule has 0 spiro atoms. The third-order valence-corrected chi connectivity index (χ3v) is 7.83. The molecule has 1 amide bonds. The van der Waals surface area contributed by atoms with E-state index >= 15 is 0 Å². The number of carbonyl (C=O) groups is 1. The van der Waals surface area contributed by atoms with Crippen molar-refractivity contribution in [3.8, 4) is 17.6 Å². The first kappa shape index (κ1) is 18.3. The maximum Gasteiger partial charge on any atom is 0.263 e. The molecule has 3 nitrogen and oxygen atoms in total. The number of hydrogen-bond donors (Lipinski definition) is 1. The lowest BCUT2D eigenvalue weighted by atomic mass is 9.50. The third-order valence-electron chi connectivity index (χ3n) is 6.66. The molecule has 1 N–H and O–H groups in total. The van der Waals surface area contributed by atoms with Crippen LogP contribution in [0.1, 0.15) is 49.7 Å². The molecule has 4 bridgehead atoms. The minimum absolute atomic E-state index is 0.132. The second-order valence-electron chi connectivity index (χ2n) is 8.76. The van der Waals surface area contributed by atoms with Crippen LogP contribution in [0.4, 0.5) is 0 Å². The average molecular weight is 410 g/mol. The van der Waals surface area contributed by atoms with Crippen molar-refractivity contribution in [2.45, 2.75) is 38.5 Å². The van der Waals surface area contributed by atoms with Gasteiger partial charge in [0, 0.05) is 5.41 Å². The molecule has 0 aromatic heterocycles. The minimum atomic E-state index is -0.132. The van der Waals surface area contributed by atoms with Crippen LogP contribution in [0, 0.1) is 35.0 Å². The van der Waals surface area contributed by atoms with Crippen molar-refractivity contribution >= 4 is 40.3 Å². The van der Waals surface area contributed by atoms with E-state index in [1.54, 1.807) is 7.11 Å². The summed E-state index contributed by atoms with van der Waals surface area (Å²) in [6.07, 6.45) is 9.96. The maximum atomic E-state index is 11.9. The SMILES string of the molecule is COc1ccc(/C=C2\SC(=S)NC2=O)cc1C#CC12CC3CC(CC(C3)C1)C2. The van der Waals surface area contributed by atoms with Gasteiger partial charge in [-0.1, -0.05) is 41.9 Å². The van der Waals surface area contributed by atoms with Crippen molar-refractivity contribution in [2.75, 3.05) is 7.11 Å². The Morgan fingerprint density at radius 2 is 1.89 bits per heavy atom. The summed E-state index contributed by atoms with van der Waals surface area (Å²) in [4.78, 5) is 12.6. The molecule has 5 fully saturated rings. The van der Waals surface area contributed by atoms with Crippen molar-refractivity contribution in [1.82, 2.24) is 5.32 Å². The summed E-state index contributed by atoms with van der Waals surface area (Å²) in [5.74, 6) is 10.5. The van der Waals surface area contributed by atoms with Gasteiger partial charge in [0.1, 0.15) is 10.1 Å². The zero-order valence-corrected chi connectivity index (χ0v) is 17.6. The zero-order valence-electron chi connectivity index (χ0n) is 15.9. The van der Waals surface area contributed by atoms with Crippen LogP contribution in [0.25, 0.3) is 6.08 Å². The summed E-state index contributed by atoms with van der Waals surface area (Å²) in [6.45, 7) is 0. The van der Waals surface area contributed by atoms with Gasteiger partial charge in [-0.3, -0.25) is 4.79 Å². The van der Waals surface area contributed by atoms with Gasteiger partial charge in [-0.2, -0.15) is 0 Å². The summed E-state index contributed by atoms with van der Waals surface area (Å²) < 4.78 is 6.06. The number of nitrogens with one attached hydrogen (secondary N) is 1. The first-order valence-electron chi connectivity index (χ1n) is 9.98. The lowest BCUT2D eigenvalue weighted by Crippen LogP contribution is -2.45. The Balaban J connectivity index is 1.46. The first-order chi connectivity index (χ1) is 13.5. The minimum Gasteiger partial charge on any atom is -0.495 e. The summed E-state index contributed by atoms with van der Waals surface area (Å²) in [5, 5.41) is 2.66. The first-order valence-corrected chi connectivity index (χ1v) is 11.2. The van der Waals surface area contributed by atoms with Crippen LogP contribution in [-0.4, -0.2) is 17.3 Å². The number of rotatable bonds is 2. The fraction of sp³-hybridized carbons (Fsp3) is 0.478. The molecule has 5 aliphatic rings. The molecule has 5 heteroatoms. The lowest BCUT2D eigenvalue weighted by Gasteiger charge is -2.54. The molecular weight excluding hydrogens is 386 g/mol. The number of thiocarbonyl (C=S) groups is 1. The van der Waals surface area contributed by atoms with Gasteiger partial charge in [-0.25, -0.2) is 0 Å². The highest BCUT2D eigenvalue weighted by molar-refractivity contribution is 8.26. The van der Waals surface area contributed by atoms with Gasteiger partial charge < -0.3 is 10.1 Å². The van der Waals surface area contributed by atoms with Crippen molar-refractivity contribution < 1.29 is 9.53 Å². The summed E-state index contributed by atoms with van der Waals surface area (Å²) in [5.41, 5.74) is 2.05. The number of carbonyl (C=O) groups excluding carboxylic acids is 1. The molecule has 4 aliphatic carbocycles. The van der Waals surface area contributed by atoms with Crippen LogP contribution in [0.2, 0.25) is 0 Å². The van der Waals surface area contributed by atoms with Crippen molar-refractivity contribution in [2.24, 2.45) is 23.2 Å². The van der Waals surface area contributed by atoms with Gasteiger partial charge >= 0.3 is 0 Å². The third kappa shape index (κ3) is 3.38. The molecule has 4 saturated carbocycles. The lowest BCUT2D eigenvalue weighted by molar-refractivity contribution is -0.115. The maximum absolute atomic E-state index is 11.9. The summed E-state index contributed by atoms with van der Waals surface area (Å²) >= 11 is 6.37. The Kier molecular flexibility index (Phi) is 4.52. The quantitative estimate of drug-likeness (QED) is 0.435. The fourth-order valence-corrected chi connectivity index (χ4v) is 6.99. The number of thioether (sulfide) groups is 1. The molecule has 1 aromatic rings. The Morgan fingerprint density at radius 1 is 1.21 bits per heavy atom. The number of benzene rings is 1. The molecule has 0 radical (unpaired) electrons. The molecule has 0 unspecified atom stereocenters. The van der Waals surface area contributed by atoms with Gasteiger partial charge in [0.05, 0.1) is 17.6 Å². The predicted molar refractivity (Wildman–Crippen MR) is 117 cm³/mol. The Labute approximate surface area is 175 Å². The molecular formula is C23H23NO2S2. The molecule has 1 aromatic carbocycles. The van der Waals surface area contributed by atoms with E-state index < -0.39 is 0 Å². The summed E-state index contributed by atoms with van der Waals surface area (Å²) in [6, 6.07) is 5.91. The van der Waals surface area contributed by atoms with E-state index in [1.165, 1.54) is 50.3 Å². The van der Waals surface area contributed by atoms with Crippen LogP contribution in [0.3, 0.4) is 0 Å². The Morgan fingerprint density at radius 3 is 2.46 bits per heavy atom. The van der Waals surface area contributed by atoms with Crippen LogP contribution in [0.5, 0.6) is 5.75 Å². The highest BCUT2D eigenvalue weighted by Gasteiger charge is 2.50. The highest BCUT2D eigenvalue weighted by Crippen LogP contribution is 2.59. The van der Waals surface area contributed by atoms with E-state index in [0.717, 1.165) is 34.6 Å². The second kappa shape index (κ2) is 6.93. The van der Waals surface area contributed by atoms with Gasteiger partial charge in [0.2, 0.25) is 0 Å². The van der Waals surface area contributed by atoms with E-state index in [4.69, 9.17) is 17.0 Å². The van der Waals surface area contributed by atoms with E-state index in [0.29, 0.717) is 9.23 Å². The van der Waals surface area contributed by atoms with E-state index in [9.17, 15) is 4.79 Å².